The van der Waals surface area contributed by atoms with Crippen molar-refractivity contribution in [1.29, 1.82) is 0 Å². The van der Waals surface area contributed by atoms with Crippen LogP contribution in [0, 0.1) is 0 Å². The molecule has 1 saturated carbocycles. The Morgan fingerprint density at radius 2 is 2.17 bits per heavy atom. The molecule has 1 heterocycles. The Labute approximate surface area is 144 Å². The maximum absolute atomic E-state index is 12.6. The van der Waals surface area contributed by atoms with Crippen molar-refractivity contribution < 1.29 is 14.7 Å². The van der Waals surface area contributed by atoms with Crippen LogP contribution in [-0.4, -0.2) is 46.6 Å². The molecule has 3 rings (SSSR count). The van der Waals surface area contributed by atoms with Gasteiger partial charge < -0.3 is 15.3 Å². The number of benzene rings is 1. The van der Waals surface area contributed by atoms with Crippen LogP contribution in [0.25, 0.3) is 0 Å². The number of nitrogens with one attached hydrogen (secondary N) is 1. The van der Waals surface area contributed by atoms with Gasteiger partial charge in [0.1, 0.15) is 0 Å². The number of carbonyl (C=O) groups excluding carboxylic acids is 2. The molecule has 0 saturated heterocycles. The van der Waals surface area contributed by atoms with Gasteiger partial charge in [-0.3, -0.25) is 9.59 Å². The van der Waals surface area contributed by atoms with Gasteiger partial charge in [0.05, 0.1) is 12.1 Å². The van der Waals surface area contributed by atoms with Crippen LogP contribution in [0.3, 0.4) is 0 Å². The van der Waals surface area contributed by atoms with E-state index in [0.29, 0.717) is 24.9 Å². The molecule has 6 heteroatoms. The summed E-state index contributed by atoms with van der Waals surface area (Å²) in [4.78, 5) is 26.3. The summed E-state index contributed by atoms with van der Waals surface area (Å²) >= 11 is 3.43. The largest absolute Gasteiger partial charge is 0.390 e. The van der Waals surface area contributed by atoms with E-state index in [4.69, 9.17) is 0 Å². The average Bonchev–Trinajstić information content (AvgIpc) is 2.42. The first-order chi connectivity index (χ1) is 10.7. The Balaban J connectivity index is 1.64. The zero-order valence-corrected chi connectivity index (χ0v) is 14.9. The average molecular weight is 381 g/mol. The number of aliphatic hydroxyl groups is 1. The molecule has 1 aromatic rings. The van der Waals surface area contributed by atoms with Crippen LogP contribution in [0.15, 0.2) is 22.7 Å². The monoisotopic (exact) mass is 380 g/mol. The quantitative estimate of drug-likeness (QED) is 0.842. The molecule has 2 amide bonds. The van der Waals surface area contributed by atoms with Gasteiger partial charge in [-0.15, -0.1) is 0 Å². The number of hydrogen-bond donors (Lipinski definition) is 2. The van der Waals surface area contributed by atoms with Gasteiger partial charge in [-0.1, -0.05) is 22.9 Å². The summed E-state index contributed by atoms with van der Waals surface area (Å²) in [6, 6.07) is 5.65. The van der Waals surface area contributed by atoms with E-state index in [0.717, 1.165) is 10.0 Å². The molecule has 1 aliphatic carbocycles. The van der Waals surface area contributed by atoms with Crippen molar-refractivity contribution in [2.75, 3.05) is 13.1 Å². The van der Waals surface area contributed by atoms with Gasteiger partial charge in [0.15, 0.2) is 0 Å². The molecule has 1 atom stereocenters. The first-order valence-corrected chi connectivity index (χ1v) is 8.65. The summed E-state index contributed by atoms with van der Waals surface area (Å²) in [5.74, 6) is -0.0644. The number of hydrogen-bond acceptors (Lipinski definition) is 3. The highest BCUT2D eigenvalue weighted by atomic mass is 79.9. The molecule has 0 aromatic heterocycles. The van der Waals surface area contributed by atoms with E-state index in [1.165, 1.54) is 0 Å². The van der Waals surface area contributed by atoms with Crippen molar-refractivity contribution in [1.82, 2.24) is 10.2 Å². The van der Waals surface area contributed by atoms with Gasteiger partial charge in [-0.05, 0) is 49.4 Å². The summed E-state index contributed by atoms with van der Waals surface area (Å²) < 4.78 is 0.958. The predicted molar refractivity (Wildman–Crippen MR) is 90.2 cm³/mol. The van der Waals surface area contributed by atoms with Crippen LogP contribution in [-0.2, 0) is 4.79 Å². The van der Waals surface area contributed by atoms with Crippen molar-refractivity contribution in [2.24, 2.45) is 0 Å². The summed E-state index contributed by atoms with van der Waals surface area (Å²) in [5.41, 5.74) is 1.03. The van der Waals surface area contributed by atoms with Crippen LogP contribution < -0.4 is 5.32 Å². The van der Waals surface area contributed by atoms with Gasteiger partial charge in [0.25, 0.3) is 5.91 Å². The Bertz CT molecular complexity index is 651. The number of amides is 2. The molecular weight excluding hydrogens is 360 g/mol. The topological polar surface area (TPSA) is 69.6 Å². The zero-order valence-electron chi connectivity index (χ0n) is 13.3. The summed E-state index contributed by atoms with van der Waals surface area (Å²) in [6.07, 6.45) is 1.14. The zero-order chi connectivity index (χ0) is 16.8. The number of nitrogens with zero attached hydrogens (tertiary/aromatic N) is 1. The normalized spacial score (nSPS) is 29.7. The molecule has 2 aliphatic rings. The summed E-state index contributed by atoms with van der Waals surface area (Å²) in [6.45, 7) is 4.43. The van der Waals surface area contributed by atoms with E-state index >= 15 is 0 Å². The van der Waals surface area contributed by atoms with Crippen molar-refractivity contribution in [2.45, 2.75) is 44.2 Å². The minimum atomic E-state index is -0.667. The van der Waals surface area contributed by atoms with Gasteiger partial charge in [-0.2, -0.15) is 0 Å². The number of carbonyl (C=O) groups is 2. The molecule has 124 valence electrons. The molecule has 1 fully saturated rings. The summed E-state index contributed by atoms with van der Waals surface area (Å²) in [7, 11) is 0. The molecule has 0 bridgehead atoms. The molecule has 23 heavy (non-hydrogen) atoms. The lowest BCUT2D eigenvalue weighted by atomic mass is 9.77. The van der Waals surface area contributed by atoms with Gasteiger partial charge in [0, 0.05) is 22.6 Å². The van der Waals surface area contributed by atoms with Crippen LogP contribution in [0.1, 0.15) is 48.5 Å². The second-order valence-corrected chi connectivity index (χ2v) is 7.90. The first kappa shape index (κ1) is 16.5. The highest BCUT2D eigenvalue weighted by Crippen LogP contribution is 2.32. The minimum Gasteiger partial charge on any atom is -0.390 e. The lowest BCUT2D eigenvalue weighted by Crippen LogP contribution is -2.55. The molecule has 5 nitrogen and oxygen atoms in total. The van der Waals surface area contributed by atoms with E-state index in [1.54, 1.807) is 11.8 Å². The first-order valence-electron chi connectivity index (χ1n) is 7.86. The van der Waals surface area contributed by atoms with Crippen LogP contribution >= 0.6 is 15.9 Å². The van der Waals surface area contributed by atoms with Crippen molar-refractivity contribution in [3.63, 3.8) is 0 Å². The van der Waals surface area contributed by atoms with Gasteiger partial charge >= 0.3 is 0 Å². The van der Waals surface area contributed by atoms with Crippen molar-refractivity contribution in [3.8, 4) is 0 Å². The Kier molecular flexibility index (Phi) is 4.23. The third kappa shape index (κ3) is 3.43. The van der Waals surface area contributed by atoms with Crippen LogP contribution in [0.4, 0.5) is 0 Å². The maximum atomic E-state index is 12.6. The third-order valence-corrected chi connectivity index (χ3v) is 5.12. The minimum absolute atomic E-state index is 0.0121. The van der Waals surface area contributed by atoms with Crippen molar-refractivity contribution in [3.05, 3.63) is 33.8 Å². The summed E-state index contributed by atoms with van der Waals surface area (Å²) in [5, 5.41) is 12.6. The fourth-order valence-corrected chi connectivity index (χ4v) is 3.88. The van der Waals surface area contributed by atoms with E-state index in [1.807, 2.05) is 18.2 Å². The lowest BCUT2D eigenvalue weighted by molar-refractivity contribution is -0.125. The Hall–Kier alpha value is -1.40. The number of rotatable bonds is 3. The molecule has 1 aromatic carbocycles. The fourth-order valence-electron chi connectivity index (χ4n) is 3.51. The second kappa shape index (κ2) is 5.91. The Morgan fingerprint density at radius 3 is 2.83 bits per heavy atom. The van der Waals surface area contributed by atoms with Crippen LogP contribution in [0.5, 0.6) is 0 Å². The highest BCUT2D eigenvalue weighted by molar-refractivity contribution is 9.10. The number of fused-ring (bicyclic) bond motifs is 1. The predicted octanol–water partition coefficient (Wildman–Crippen LogP) is 2.04. The van der Waals surface area contributed by atoms with Crippen LogP contribution in [0.2, 0.25) is 0 Å². The molecule has 2 N–H and O–H groups in total. The van der Waals surface area contributed by atoms with Gasteiger partial charge in [0.2, 0.25) is 5.91 Å². The lowest BCUT2D eigenvalue weighted by Gasteiger charge is -2.41. The number of halogens is 1. The third-order valence-electron chi connectivity index (χ3n) is 4.63. The Morgan fingerprint density at radius 1 is 1.48 bits per heavy atom. The fraction of sp³-hybridized carbons (Fsp3) is 0.529. The standard InChI is InChI=1S/C17H21BrN2O3/c1-10-8-20(9-15(21)19-12-6-17(2,23)7-12)16(22)13-4-3-11(18)5-14(10)13/h3-5,10,12,23H,6-9H2,1-2H3,(H,19,21). The molecule has 0 radical (unpaired) electrons. The van der Waals surface area contributed by atoms with Gasteiger partial charge in [-0.25, -0.2) is 0 Å². The van der Waals surface area contributed by atoms with Crippen molar-refractivity contribution >= 4 is 27.7 Å². The van der Waals surface area contributed by atoms with E-state index in [9.17, 15) is 14.7 Å². The smallest absolute Gasteiger partial charge is 0.254 e. The maximum Gasteiger partial charge on any atom is 0.254 e. The molecule has 1 unspecified atom stereocenters. The highest BCUT2D eigenvalue weighted by Gasteiger charge is 2.39. The second-order valence-electron chi connectivity index (χ2n) is 6.99. The molecule has 0 spiro atoms. The van der Waals surface area contributed by atoms with E-state index < -0.39 is 5.60 Å². The SMILES string of the molecule is CC1CN(CC(=O)NC2CC(C)(O)C2)C(=O)c2ccc(Br)cc21. The molecular formula is C17H21BrN2O3. The molecule has 1 aliphatic heterocycles. The van der Waals surface area contributed by atoms with E-state index in [2.05, 4.69) is 28.2 Å². The van der Waals surface area contributed by atoms with E-state index in [-0.39, 0.29) is 30.3 Å².